The van der Waals surface area contributed by atoms with Gasteiger partial charge in [0.15, 0.2) is 0 Å². The highest BCUT2D eigenvalue weighted by atomic mass is 14.7. The fourth-order valence-corrected chi connectivity index (χ4v) is 2.12. The number of aryl methyl sites for hydroxylation is 2. The molecule has 1 aromatic heterocycles. The summed E-state index contributed by atoms with van der Waals surface area (Å²) in [5.41, 5.74) is 5.07. The van der Waals surface area contributed by atoms with Crippen LogP contribution in [0.1, 0.15) is 31.4 Å². The lowest BCUT2D eigenvalue weighted by atomic mass is 10.1. The predicted octanol–water partition coefficient (Wildman–Crippen LogP) is 5.35. The van der Waals surface area contributed by atoms with E-state index in [1.165, 1.54) is 39.4 Å². The molecule has 1 heteroatoms. The van der Waals surface area contributed by atoms with E-state index >= 15 is 0 Å². The second-order valence-corrected chi connectivity index (χ2v) is 4.93. The summed E-state index contributed by atoms with van der Waals surface area (Å²) < 4.78 is 0. The average Bonchev–Trinajstić information content (AvgIpc) is 2.68. The van der Waals surface area contributed by atoms with Crippen LogP contribution in [0.3, 0.4) is 0 Å². The molecule has 0 saturated heterocycles. The molecule has 0 radical (unpaired) electrons. The summed E-state index contributed by atoms with van der Waals surface area (Å²) in [4.78, 5) is 3.43. The molecule has 1 nitrogen and oxygen atoms in total. The van der Waals surface area contributed by atoms with Gasteiger partial charge in [0.2, 0.25) is 0 Å². The second-order valence-electron chi connectivity index (χ2n) is 4.93. The number of hydrogen-bond donors (Lipinski definition) is 1. The van der Waals surface area contributed by atoms with Gasteiger partial charge in [-0.05, 0) is 38.1 Å². The molecule has 0 amide bonds. The monoisotopic (exact) mass is 239 g/mol. The Bertz CT molecular complexity index is 605. The highest BCUT2D eigenvalue weighted by Crippen LogP contribution is 2.26. The third-order valence-electron chi connectivity index (χ3n) is 2.91. The fourth-order valence-electron chi connectivity index (χ4n) is 2.12. The van der Waals surface area contributed by atoms with Crippen LogP contribution in [-0.2, 0) is 0 Å². The molecule has 0 spiro atoms. The summed E-state index contributed by atoms with van der Waals surface area (Å²) in [5.74, 6) is 0. The van der Waals surface area contributed by atoms with Gasteiger partial charge in [-0.15, -0.1) is 0 Å². The van der Waals surface area contributed by atoms with Crippen LogP contribution >= 0.6 is 0 Å². The Morgan fingerprint density at radius 2 is 1.17 bits per heavy atom. The zero-order valence-corrected chi connectivity index (χ0v) is 11.7. The van der Waals surface area contributed by atoms with Gasteiger partial charge in [0.05, 0.1) is 0 Å². The van der Waals surface area contributed by atoms with Crippen molar-refractivity contribution in [3.8, 4) is 0 Å². The van der Waals surface area contributed by atoms with Crippen molar-refractivity contribution in [2.75, 3.05) is 0 Å². The number of aromatic amines is 1. The van der Waals surface area contributed by atoms with Crippen LogP contribution in [0.4, 0.5) is 0 Å². The Labute approximate surface area is 109 Å². The normalized spacial score (nSPS) is 10.4. The van der Waals surface area contributed by atoms with Gasteiger partial charge in [0.1, 0.15) is 0 Å². The highest BCUT2D eigenvalue weighted by Gasteiger charge is 2.03. The van der Waals surface area contributed by atoms with Gasteiger partial charge >= 0.3 is 0 Å². The van der Waals surface area contributed by atoms with Crippen molar-refractivity contribution < 1.29 is 0 Å². The molecule has 0 unspecified atom stereocenters. The van der Waals surface area contributed by atoms with E-state index in [9.17, 15) is 0 Å². The first kappa shape index (κ1) is 12.7. The molecule has 94 valence electrons. The van der Waals surface area contributed by atoms with Crippen molar-refractivity contribution in [3.05, 3.63) is 47.5 Å². The Balaban J connectivity index is 0.000000367. The maximum absolute atomic E-state index is 3.43. The number of rotatable bonds is 0. The van der Waals surface area contributed by atoms with E-state index in [4.69, 9.17) is 0 Å². The Morgan fingerprint density at radius 3 is 1.56 bits per heavy atom. The van der Waals surface area contributed by atoms with Gasteiger partial charge in [-0.3, -0.25) is 0 Å². The van der Waals surface area contributed by atoms with E-state index in [-0.39, 0.29) is 0 Å². The quantitative estimate of drug-likeness (QED) is 0.544. The number of fused-ring (bicyclic) bond motifs is 3. The molecular weight excluding hydrogens is 218 g/mol. The first-order valence-corrected chi connectivity index (χ1v) is 6.64. The number of H-pyrrole nitrogens is 1. The van der Waals surface area contributed by atoms with E-state index < -0.39 is 0 Å². The van der Waals surface area contributed by atoms with Gasteiger partial charge in [-0.2, -0.15) is 0 Å². The zero-order chi connectivity index (χ0) is 13.1. The molecule has 1 heterocycles. The Morgan fingerprint density at radius 1 is 0.778 bits per heavy atom. The van der Waals surface area contributed by atoms with Crippen LogP contribution in [0.5, 0.6) is 0 Å². The van der Waals surface area contributed by atoms with E-state index in [0.29, 0.717) is 0 Å². The van der Waals surface area contributed by atoms with Crippen molar-refractivity contribution in [1.82, 2.24) is 4.98 Å². The lowest BCUT2D eigenvalue weighted by molar-refractivity contribution is 1.09. The molecule has 18 heavy (non-hydrogen) atoms. The van der Waals surface area contributed by atoms with Crippen LogP contribution in [-0.4, -0.2) is 4.98 Å². The summed E-state index contributed by atoms with van der Waals surface area (Å²) in [6.45, 7) is 8.52. The maximum atomic E-state index is 3.43. The maximum Gasteiger partial charge on any atom is 0.0465 e. The third kappa shape index (κ3) is 2.40. The molecule has 0 saturated carbocycles. The van der Waals surface area contributed by atoms with Crippen molar-refractivity contribution in [2.24, 2.45) is 0 Å². The number of benzene rings is 2. The van der Waals surface area contributed by atoms with Crippen molar-refractivity contribution in [3.63, 3.8) is 0 Å². The molecule has 0 fully saturated rings. The molecule has 0 bridgehead atoms. The Hall–Kier alpha value is -1.76. The van der Waals surface area contributed by atoms with Gasteiger partial charge in [-0.25, -0.2) is 0 Å². The minimum atomic E-state index is 1.22. The first-order valence-electron chi connectivity index (χ1n) is 6.64. The summed E-state index contributed by atoms with van der Waals surface area (Å²) in [6.07, 6.45) is 1.25. The molecule has 3 rings (SSSR count). The smallest absolute Gasteiger partial charge is 0.0465 e. The van der Waals surface area contributed by atoms with E-state index in [1.54, 1.807) is 0 Å². The lowest BCUT2D eigenvalue weighted by Gasteiger charge is -1.94. The van der Waals surface area contributed by atoms with Crippen molar-refractivity contribution >= 4 is 21.8 Å². The van der Waals surface area contributed by atoms with E-state index in [1.807, 2.05) is 0 Å². The summed E-state index contributed by atoms with van der Waals surface area (Å²) in [5, 5.41) is 2.66. The number of hydrogen-bond acceptors (Lipinski definition) is 0. The van der Waals surface area contributed by atoms with Gasteiger partial charge < -0.3 is 4.98 Å². The van der Waals surface area contributed by atoms with Crippen molar-refractivity contribution in [1.29, 1.82) is 0 Å². The summed E-state index contributed by atoms with van der Waals surface area (Å²) in [7, 11) is 0. The molecule has 0 aliphatic rings. The van der Waals surface area contributed by atoms with E-state index in [0.717, 1.165) is 0 Å². The fraction of sp³-hybridized carbons (Fsp3) is 0.294. The molecule has 0 aliphatic carbocycles. The van der Waals surface area contributed by atoms with Crippen LogP contribution in [0, 0.1) is 13.8 Å². The lowest BCUT2D eigenvalue weighted by Crippen LogP contribution is -1.72. The number of aromatic nitrogens is 1. The topological polar surface area (TPSA) is 15.8 Å². The largest absolute Gasteiger partial charge is 0.355 e. The van der Waals surface area contributed by atoms with Gasteiger partial charge in [0, 0.05) is 21.8 Å². The van der Waals surface area contributed by atoms with Crippen molar-refractivity contribution in [2.45, 2.75) is 34.1 Å². The average molecular weight is 239 g/mol. The Kier molecular flexibility index (Phi) is 3.71. The van der Waals surface area contributed by atoms with Gasteiger partial charge in [-0.1, -0.05) is 43.5 Å². The zero-order valence-electron chi connectivity index (χ0n) is 11.7. The molecule has 3 aromatic rings. The molecule has 0 aliphatic heterocycles. The van der Waals surface area contributed by atoms with Crippen LogP contribution in [0.2, 0.25) is 0 Å². The standard InChI is InChI=1S/C14H13N.C3H8/c1-9-3-5-13-11(7-9)12-8-10(2)4-6-14(12)15-13;1-3-2/h3-8,15H,1-2H3;3H2,1-2H3. The minimum Gasteiger partial charge on any atom is -0.355 e. The third-order valence-corrected chi connectivity index (χ3v) is 2.91. The highest BCUT2D eigenvalue weighted by molar-refractivity contribution is 6.07. The van der Waals surface area contributed by atoms with Gasteiger partial charge in [0.25, 0.3) is 0 Å². The molecule has 0 atom stereocenters. The minimum absolute atomic E-state index is 1.22. The van der Waals surface area contributed by atoms with Crippen LogP contribution < -0.4 is 0 Å². The van der Waals surface area contributed by atoms with Crippen LogP contribution in [0.15, 0.2) is 36.4 Å². The van der Waals surface area contributed by atoms with Crippen LogP contribution in [0.25, 0.3) is 21.8 Å². The first-order chi connectivity index (χ1) is 8.65. The predicted molar refractivity (Wildman–Crippen MR) is 81.2 cm³/mol. The molecule has 1 N–H and O–H groups in total. The number of nitrogens with one attached hydrogen (secondary N) is 1. The second kappa shape index (κ2) is 5.26. The molecular formula is C17H21N. The van der Waals surface area contributed by atoms with E-state index in [2.05, 4.69) is 69.1 Å². The summed E-state index contributed by atoms with van der Waals surface area (Å²) >= 11 is 0. The SMILES string of the molecule is CCC.Cc1ccc2[nH]c3ccc(C)cc3c2c1. The molecule has 2 aromatic carbocycles. The summed E-state index contributed by atoms with van der Waals surface area (Å²) in [6, 6.07) is 13.1.